The maximum atomic E-state index is 12.4. The number of carbonyl (C=O) groups excluding carboxylic acids is 1. The van der Waals surface area contributed by atoms with Gasteiger partial charge in [-0.25, -0.2) is 4.98 Å². The molecule has 2 aromatic heterocycles. The van der Waals surface area contributed by atoms with Gasteiger partial charge in [0.05, 0.1) is 17.3 Å². The summed E-state index contributed by atoms with van der Waals surface area (Å²) in [7, 11) is 0. The highest BCUT2D eigenvalue weighted by atomic mass is 32.1. The van der Waals surface area contributed by atoms with Gasteiger partial charge in [-0.1, -0.05) is 12.8 Å². The number of rotatable bonds is 4. The fourth-order valence-corrected chi connectivity index (χ4v) is 3.63. The predicted octanol–water partition coefficient (Wildman–Crippen LogP) is 2.56. The van der Waals surface area contributed by atoms with E-state index in [-0.39, 0.29) is 11.4 Å². The van der Waals surface area contributed by atoms with Crippen molar-refractivity contribution in [1.82, 2.24) is 20.1 Å². The zero-order chi connectivity index (χ0) is 14.0. The van der Waals surface area contributed by atoms with Crippen LogP contribution in [-0.4, -0.2) is 20.7 Å². The molecule has 3 rings (SSSR count). The van der Waals surface area contributed by atoms with E-state index in [2.05, 4.69) is 15.4 Å². The molecular weight excluding hydrogens is 272 g/mol. The minimum absolute atomic E-state index is 0.0539. The van der Waals surface area contributed by atoms with Gasteiger partial charge in [0.1, 0.15) is 5.01 Å². The summed E-state index contributed by atoms with van der Waals surface area (Å²) in [5, 5.41) is 10.4. The van der Waals surface area contributed by atoms with Crippen LogP contribution in [0.2, 0.25) is 0 Å². The molecule has 0 bridgehead atoms. The summed E-state index contributed by atoms with van der Waals surface area (Å²) in [6, 6.07) is 0. The van der Waals surface area contributed by atoms with E-state index in [0.29, 0.717) is 5.56 Å². The topological polar surface area (TPSA) is 59.8 Å². The summed E-state index contributed by atoms with van der Waals surface area (Å²) in [5.41, 5.74) is 0.342. The van der Waals surface area contributed by atoms with Gasteiger partial charge in [-0.3, -0.25) is 9.48 Å². The van der Waals surface area contributed by atoms with Crippen LogP contribution in [0.1, 0.15) is 48.0 Å². The minimum Gasteiger partial charge on any atom is -0.340 e. The van der Waals surface area contributed by atoms with Gasteiger partial charge < -0.3 is 5.32 Å². The Balaban J connectivity index is 1.82. The molecule has 1 N–H and O–H groups in total. The number of aromatic nitrogens is 3. The Kier molecular flexibility index (Phi) is 3.56. The van der Waals surface area contributed by atoms with Crippen molar-refractivity contribution in [2.45, 2.75) is 44.7 Å². The average molecular weight is 290 g/mol. The Bertz CT molecular complexity index is 584. The van der Waals surface area contributed by atoms with Crippen molar-refractivity contribution in [3.05, 3.63) is 34.5 Å². The van der Waals surface area contributed by atoms with E-state index in [0.717, 1.165) is 37.2 Å². The third-order valence-corrected chi connectivity index (χ3v) is 4.85. The maximum absolute atomic E-state index is 12.4. The van der Waals surface area contributed by atoms with Crippen molar-refractivity contribution in [2.24, 2.45) is 0 Å². The molecule has 6 heteroatoms. The van der Waals surface area contributed by atoms with E-state index in [1.807, 2.05) is 12.3 Å². The molecule has 1 aliphatic carbocycles. The van der Waals surface area contributed by atoms with Crippen LogP contribution in [0.15, 0.2) is 24.0 Å². The lowest BCUT2D eigenvalue weighted by Gasteiger charge is -2.27. The van der Waals surface area contributed by atoms with Crippen LogP contribution >= 0.6 is 11.3 Å². The van der Waals surface area contributed by atoms with E-state index >= 15 is 0 Å². The number of hydrogen-bond acceptors (Lipinski definition) is 4. The number of nitrogens with zero attached hydrogens (tertiary/aromatic N) is 3. The van der Waals surface area contributed by atoms with Gasteiger partial charge in [0.25, 0.3) is 5.91 Å². The van der Waals surface area contributed by atoms with Crippen LogP contribution in [0.5, 0.6) is 0 Å². The Morgan fingerprint density at radius 2 is 2.30 bits per heavy atom. The van der Waals surface area contributed by atoms with Crippen LogP contribution in [0.4, 0.5) is 0 Å². The molecule has 0 atom stereocenters. The molecule has 0 unspecified atom stereocenters. The molecule has 2 aromatic rings. The normalized spacial score (nSPS) is 17.2. The van der Waals surface area contributed by atoms with Crippen molar-refractivity contribution >= 4 is 17.2 Å². The molecule has 1 amide bonds. The molecule has 2 heterocycles. The Morgan fingerprint density at radius 1 is 1.50 bits per heavy atom. The van der Waals surface area contributed by atoms with E-state index in [1.54, 1.807) is 34.6 Å². The smallest absolute Gasteiger partial charge is 0.255 e. The molecule has 0 aliphatic heterocycles. The largest absolute Gasteiger partial charge is 0.340 e. The third kappa shape index (κ3) is 2.35. The first kappa shape index (κ1) is 13.3. The lowest BCUT2D eigenvalue weighted by molar-refractivity contribution is 0.0898. The lowest BCUT2D eigenvalue weighted by atomic mass is 9.98. The average Bonchev–Trinajstić information content (AvgIpc) is 3.19. The first-order chi connectivity index (χ1) is 9.73. The summed E-state index contributed by atoms with van der Waals surface area (Å²) in [4.78, 5) is 16.9. The first-order valence-corrected chi connectivity index (χ1v) is 7.86. The van der Waals surface area contributed by atoms with Gasteiger partial charge in [0.15, 0.2) is 0 Å². The minimum atomic E-state index is -0.278. The summed E-state index contributed by atoms with van der Waals surface area (Å²) in [6.07, 6.45) is 9.43. The Morgan fingerprint density at radius 3 is 2.90 bits per heavy atom. The second-order valence-corrected chi connectivity index (χ2v) is 6.06. The zero-order valence-corrected chi connectivity index (χ0v) is 12.3. The van der Waals surface area contributed by atoms with E-state index in [1.165, 1.54) is 0 Å². The number of thiazole rings is 1. The Labute approximate surface area is 122 Å². The van der Waals surface area contributed by atoms with Gasteiger partial charge in [-0.2, -0.15) is 5.10 Å². The number of nitrogens with one attached hydrogen (secondary N) is 1. The zero-order valence-electron chi connectivity index (χ0n) is 11.5. The lowest BCUT2D eigenvalue weighted by Crippen LogP contribution is -2.43. The van der Waals surface area contributed by atoms with Crippen LogP contribution in [0, 0.1) is 0 Å². The number of amides is 1. The van der Waals surface area contributed by atoms with Crippen molar-refractivity contribution in [2.75, 3.05) is 0 Å². The molecule has 0 aromatic carbocycles. The van der Waals surface area contributed by atoms with Crippen molar-refractivity contribution in [3.8, 4) is 0 Å². The van der Waals surface area contributed by atoms with Crippen molar-refractivity contribution in [3.63, 3.8) is 0 Å². The second kappa shape index (κ2) is 5.36. The molecule has 1 aliphatic rings. The monoisotopic (exact) mass is 290 g/mol. The van der Waals surface area contributed by atoms with Gasteiger partial charge in [-0.15, -0.1) is 11.3 Å². The molecule has 5 nitrogen and oxygen atoms in total. The number of hydrogen-bond donors (Lipinski definition) is 1. The molecule has 0 radical (unpaired) electrons. The number of carbonyl (C=O) groups is 1. The predicted molar refractivity (Wildman–Crippen MR) is 77.6 cm³/mol. The summed E-state index contributed by atoms with van der Waals surface area (Å²) >= 11 is 1.62. The van der Waals surface area contributed by atoms with Crippen molar-refractivity contribution in [1.29, 1.82) is 0 Å². The highest BCUT2D eigenvalue weighted by Gasteiger charge is 2.39. The highest BCUT2D eigenvalue weighted by molar-refractivity contribution is 7.09. The SMILES string of the molecule is CCn1cc(C(=O)NC2(c3nccs3)CCCC2)cn1. The fraction of sp³-hybridized carbons (Fsp3) is 0.500. The van der Waals surface area contributed by atoms with E-state index in [9.17, 15) is 4.79 Å². The van der Waals surface area contributed by atoms with Crippen LogP contribution in [0.25, 0.3) is 0 Å². The van der Waals surface area contributed by atoms with Crippen LogP contribution in [-0.2, 0) is 12.1 Å². The highest BCUT2D eigenvalue weighted by Crippen LogP contribution is 2.39. The van der Waals surface area contributed by atoms with Crippen molar-refractivity contribution < 1.29 is 4.79 Å². The molecule has 0 spiro atoms. The molecular formula is C14H18N4OS. The molecule has 1 saturated carbocycles. The number of aryl methyl sites for hydroxylation is 1. The molecule has 1 fully saturated rings. The second-order valence-electron chi connectivity index (χ2n) is 5.17. The quantitative estimate of drug-likeness (QED) is 0.941. The summed E-state index contributed by atoms with van der Waals surface area (Å²) < 4.78 is 1.76. The summed E-state index contributed by atoms with van der Waals surface area (Å²) in [6.45, 7) is 2.77. The third-order valence-electron chi connectivity index (χ3n) is 3.87. The van der Waals surface area contributed by atoms with Crippen LogP contribution < -0.4 is 5.32 Å². The van der Waals surface area contributed by atoms with E-state index < -0.39 is 0 Å². The summed E-state index contributed by atoms with van der Waals surface area (Å²) in [5.74, 6) is -0.0539. The van der Waals surface area contributed by atoms with E-state index in [4.69, 9.17) is 0 Å². The standard InChI is InChI=1S/C14H18N4OS/c1-2-18-10-11(9-16-18)12(19)17-14(5-3-4-6-14)13-15-7-8-20-13/h7-10H,2-6H2,1H3,(H,17,19). The maximum Gasteiger partial charge on any atom is 0.255 e. The molecule has 0 saturated heterocycles. The van der Waals surface area contributed by atoms with Gasteiger partial charge in [-0.05, 0) is 19.8 Å². The fourth-order valence-electron chi connectivity index (χ4n) is 2.77. The van der Waals surface area contributed by atoms with Crippen LogP contribution in [0.3, 0.4) is 0 Å². The first-order valence-electron chi connectivity index (χ1n) is 6.98. The molecule has 106 valence electrons. The molecule has 20 heavy (non-hydrogen) atoms. The van der Waals surface area contributed by atoms with Gasteiger partial charge in [0.2, 0.25) is 0 Å². The Hall–Kier alpha value is -1.69. The van der Waals surface area contributed by atoms with Gasteiger partial charge >= 0.3 is 0 Å². The van der Waals surface area contributed by atoms with Gasteiger partial charge in [0, 0.05) is 24.3 Å².